The summed E-state index contributed by atoms with van der Waals surface area (Å²) in [6, 6.07) is 0. The van der Waals surface area contributed by atoms with E-state index < -0.39 is 0 Å². The summed E-state index contributed by atoms with van der Waals surface area (Å²) >= 11 is 0. The molecule has 0 atom stereocenters. The van der Waals surface area contributed by atoms with Crippen molar-refractivity contribution in [3.63, 3.8) is 0 Å². The van der Waals surface area contributed by atoms with E-state index in [-0.39, 0.29) is 47.6 Å². The maximum Gasteiger partial charge on any atom is 0 e. The van der Waals surface area contributed by atoms with Crippen LogP contribution in [0.3, 0.4) is 0 Å². The van der Waals surface area contributed by atoms with E-state index >= 15 is 0 Å². The Morgan fingerprint density at radius 2 is 0.667 bits per heavy atom. The zero-order valence-electron chi connectivity index (χ0n) is 7.99. The largest absolute Gasteiger partial charge is 0.358 e. The molecule has 0 aliphatic heterocycles. The average molecular weight is 207 g/mol. The molecule has 0 aromatic heterocycles. The fourth-order valence-corrected chi connectivity index (χ4v) is 0. The van der Waals surface area contributed by atoms with E-state index in [0.29, 0.717) is 0 Å². The van der Waals surface area contributed by atoms with Crippen LogP contribution in [0.2, 0.25) is 0 Å². The Kier molecular flexibility index (Phi) is 222. The predicted molar refractivity (Wildman–Crippen MR) is 44.8 cm³/mol. The van der Waals surface area contributed by atoms with Crippen molar-refractivity contribution < 1.29 is 32.7 Å². The molecular weight excluding hydrogens is 185 g/mol. The van der Waals surface area contributed by atoms with Gasteiger partial charge in [-0.05, 0) is 0 Å². The Balaban J connectivity index is -0.00000000889. The van der Waals surface area contributed by atoms with E-state index in [9.17, 15) is 0 Å². The van der Waals surface area contributed by atoms with Gasteiger partial charge in [0.05, 0.1) is 0 Å². The third kappa shape index (κ3) is 377. The molecule has 0 spiro atoms. The van der Waals surface area contributed by atoms with Gasteiger partial charge in [0.25, 0.3) is 0 Å². The van der Waals surface area contributed by atoms with Crippen LogP contribution in [0, 0.1) is 14.9 Å². The van der Waals surface area contributed by atoms with Crippen molar-refractivity contribution >= 4 is 0 Å². The van der Waals surface area contributed by atoms with Crippen LogP contribution in [-0.2, 0) is 32.7 Å². The maximum absolute atomic E-state index is 2.12. The molecule has 0 N–H and O–H groups in total. The van der Waals surface area contributed by atoms with Crippen LogP contribution in [0.4, 0.5) is 0 Å². The van der Waals surface area contributed by atoms with Gasteiger partial charge >= 0.3 is 0 Å². The van der Waals surface area contributed by atoms with Crippen LogP contribution in [0.5, 0.6) is 0 Å². The molecule has 0 aliphatic carbocycles. The molecule has 1 heteroatoms. The molecule has 9 heavy (non-hydrogen) atoms. The van der Waals surface area contributed by atoms with Gasteiger partial charge in [0.15, 0.2) is 0 Å². The summed E-state index contributed by atoms with van der Waals surface area (Å²) in [6.45, 7) is 8.50. The Morgan fingerprint density at radius 3 is 0.667 bits per heavy atom. The van der Waals surface area contributed by atoms with Crippen molar-refractivity contribution in [3.05, 3.63) is 14.9 Å². The minimum absolute atomic E-state index is 0. The fraction of sp³-hybridized carbons (Fsp3) is 0.750. The molecule has 0 heterocycles. The van der Waals surface area contributed by atoms with Gasteiger partial charge in [0, 0.05) is 32.7 Å². The van der Waals surface area contributed by atoms with Crippen molar-refractivity contribution in [2.45, 2.75) is 40.5 Å². The van der Waals surface area contributed by atoms with Crippen molar-refractivity contribution in [2.75, 3.05) is 0 Å². The molecule has 0 aromatic carbocycles. The minimum atomic E-state index is 0. The van der Waals surface area contributed by atoms with E-state index in [4.69, 9.17) is 0 Å². The zero-order valence-corrected chi connectivity index (χ0v) is 10.8. The minimum Gasteiger partial charge on any atom is -0.358 e. The monoisotopic (exact) mass is 207 g/mol. The summed E-state index contributed by atoms with van der Waals surface area (Å²) in [7, 11) is 0. The summed E-state index contributed by atoms with van der Waals surface area (Å²) in [5.41, 5.74) is 0. The molecule has 1 radical (unpaired) electrons. The van der Waals surface area contributed by atoms with E-state index in [1.165, 1.54) is 12.8 Å². The molecular formula is C8H22Y-2. The van der Waals surface area contributed by atoms with Gasteiger partial charge in [-0.25, -0.2) is 0 Å². The standard InChI is InChI=1S/2C3H8.2CH3.Y/c2*1-3-2;;;/h2*3H2,1-2H3;2*1H3;/q;;2*-1;. The van der Waals surface area contributed by atoms with E-state index in [0.717, 1.165) is 0 Å². The van der Waals surface area contributed by atoms with Gasteiger partial charge in [-0.1, -0.05) is 40.5 Å². The molecule has 0 fully saturated rings. The first-order valence-electron chi connectivity index (χ1n) is 2.83. The van der Waals surface area contributed by atoms with Gasteiger partial charge in [-0.2, -0.15) is 0 Å². The molecule has 0 rings (SSSR count). The Morgan fingerprint density at radius 1 is 0.667 bits per heavy atom. The Hall–Kier alpha value is 1.10. The van der Waals surface area contributed by atoms with Crippen LogP contribution in [0.15, 0.2) is 0 Å². The number of hydrogen-bond acceptors (Lipinski definition) is 0. The van der Waals surface area contributed by atoms with Crippen molar-refractivity contribution in [1.29, 1.82) is 0 Å². The van der Waals surface area contributed by atoms with Gasteiger partial charge in [0.2, 0.25) is 0 Å². The molecule has 0 unspecified atom stereocenters. The molecule has 0 aliphatic rings. The van der Waals surface area contributed by atoms with Crippen LogP contribution in [0.1, 0.15) is 40.5 Å². The van der Waals surface area contributed by atoms with Gasteiger partial charge in [-0.15, -0.1) is 0 Å². The molecule has 0 saturated carbocycles. The van der Waals surface area contributed by atoms with Crippen molar-refractivity contribution in [2.24, 2.45) is 0 Å². The molecule has 0 saturated heterocycles. The number of rotatable bonds is 0. The second-order valence-corrected chi connectivity index (χ2v) is 1.41. The Labute approximate surface area is 87.7 Å². The van der Waals surface area contributed by atoms with Gasteiger partial charge in [0.1, 0.15) is 0 Å². The van der Waals surface area contributed by atoms with Crippen molar-refractivity contribution in [1.82, 2.24) is 0 Å². The normalized spacial score (nSPS) is 4.00. The second kappa shape index (κ2) is 62.1. The summed E-state index contributed by atoms with van der Waals surface area (Å²) in [5.74, 6) is 0. The predicted octanol–water partition coefficient (Wildman–Crippen LogP) is 3.73. The molecule has 0 aromatic rings. The van der Waals surface area contributed by atoms with E-state index in [1.807, 2.05) is 0 Å². The van der Waals surface area contributed by atoms with E-state index in [1.54, 1.807) is 0 Å². The summed E-state index contributed by atoms with van der Waals surface area (Å²) in [6.07, 6.45) is 2.50. The SMILES string of the molecule is CCC.CCC.[CH3-].[CH3-].[Y]. The molecule has 0 nitrogen and oxygen atoms in total. The topological polar surface area (TPSA) is 0 Å². The summed E-state index contributed by atoms with van der Waals surface area (Å²) in [5, 5.41) is 0. The maximum atomic E-state index is 2.12. The third-order valence-electron chi connectivity index (χ3n) is 0. The quantitative estimate of drug-likeness (QED) is 0.531. The van der Waals surface area contributed by atoms with Crippen LogP contribution in [0.25, 0.3) is 0 Å². The van der Waals surface area contributed by atoms with E-state index in [2.05, 4.69) is 27.7 Å². The first-order valence-corrected chi connectivity index (χ1v) is 2.83. The third-order valence-corrected chi connectivity index (χ3v) is 0. The number of hydrogen-bond donors (Lipinski definition) is 0. The average Bonchev–Trinajstić information content (AvgIpc) is 1.39. The second-order valence-electron chi connectivity index (χ2n) is 1.41. The van der Waals surface area contributed by atoms with Gasteiger partial charge < -0.3 is 14.9 Å². The Bertz CT molecular complexity index is 6.53. The van der Waals surface area contributed by atoms with Crippen LogP contribution in [-0.4, -0.2) is 0 Å². The van der Waals surface area contributed by atoms with Crippen LogP contribution < -0.4 is 0 Å². The molecule has 0 bridgehead atoms. The molecule has 59 valence electrons. The van der Waals surface area contributed by atoms with Crippen molar-refractivity contribution in [3.8, 4) is 0 Å². The summed E-state index contributed by atoms with van der Waals surface area (Å²) in [4.78, 5) is 0. The zero-order chi connectivity index (χ0) is 5.41. The molecule has 0 amide bonds. The fourth-order valence-electron chi connectivity index (χ4n) is 0. The summed E-state index contributed by atoms with van der Waals surface area (Å²) < 4.78 is 0. The first-order chi connectivity index (χ1) is 2.83. The van der Waals surface area contributed by atoms with Crippen LogP contribution >= 0.6 is 0 Å². The smallest absolute Gasteiger partial charge is 0 e. The van der Waals surface area contributed by atoms with Gasteiger partial charge in [-0.3, -0.25) is 0 Å². The first kappa shape index (κ1) is 32.1.